The van der Waals surface area contributed by atoms with E-state index in [1.54, 1.807) is 0 Å². The number of rotatable bonds is 3. The summed E-state index contributed by atoms with van der Waals surface area (Å²) < 4.78 is 0. The van der Waals surface area contributed by atoms with Gasteiger partial charge >= 0.3 is 0 Å². The summed E-state index contributed by atoms with van der Waals surface area (Å²) in [5.74, 6) is 0.793. The molecular weight excluding hydrogens is 182 g/mol. The molecule has 0 aromatic heterocycles. The van der Waals surface area contributed by atoms with E-state index in [0.717, 1.165) is 12.8 Å². The predicted molar refractivity (Wildman–Crippen MR) is 58.1 cm³/mol. The van der Waals surface area contributed by atoms with Gasteiger partial charge < -0.3 is 5.32 Å². The summed E-state index contributed by atoms with van der Waals surface area (Å²) in [4.78, 5) is 11.4. The van der Waals surface area contributed by atoms with E-state index in [-0.39, 0.29) is 11.4 Å². The van der Waals surface area contributed by atoms with Gasteiger partial charge in [-0.2, -0.15) is 12.6 Å². The molecule has 1 aliphatic rings. The second-order valence-electron chi connectivity index (χ2n) is 4.14. The van der Waals surface area contributed by atoms with Crippen LogP contribution in [0.25, 0.3) is 0 Å². The first kappa shape index (κ1) is 10.9. The second kappa shape index (κ2) is 4.89. The Labute approximate surface area is 85.9 Å². The highest BCUT2D eigenvalue weighted by atomic mass is 32.1. The largest absolute Gasteiger partial charge is 0.351 e. The first-order valence-electron chi connectivity index (χ1n) is 5.08. The van der Waals surface area contributed by atoms with E-state index in [1.807, 2.05) is 0 Å². The number of hydrogen-bond acceptors (Lipinski definition) is 2. The monoisotopic (exact) mass is 201 g/mol. The smallest absolute Gasteiger partial charge is 0.221 e. The molecule has 0 saturated heterocycles. The molecule has 0 unspecified atom stereocenters. The molecule has 1 aliphatic carbocycles. The zero-order valence-corrected chi connectivity index (χ0v) is 9.20. The van der Waals surface area contributed by atoms with E-state index in [2.05, 4.69) is 24.9 Å². The molecule has 3 heteroatoms. The van der Waals surface area contributed by atoms with Crippen molar-refractivity contribution in [2.75, 3.05) is 5.75 Å². The van der Waals surface area contributed by atoms with Crippen LogP contribution in [0.3, 0.4) is 0 Å². The zero-order valence-electron chi connectivity index (χ0n) is 8.31. The third kappa shape index (κ3) is 3.59. The number of amides is 1. The van der Waals surface area contributed by atoms with Crippen LogP contribution in [-0.4, -0.2) is 17.2 Å². The minimum absolute atomic E-state index is 0.0677. The summed E-state index contributed by atoms with van der Waals surface area (Å²) in [6.07, 6.45) is 6.61. The molecule has 0 bridgehead atoms. The van der Waals surface area contributed by atoms with Gasteiger partial charge in [0, 0.05) is 12.0 Å². The summed E-state index contributed by atoms with van der Waals surface area (Å²) in [7, 11) is 0. The highest BCUT2D eigenvalue weighted by molar-refractivity contribution is 7.80. The number of nitrogens with one attached hydrogen (secondary N) is 1. The second-order valence-corrected chi connectivity index (χ2v) is 4.59. The van der Waals surface area contributed by atoms with Crippen LogP contribution in [0.5, 0.6) is 0 Å². The summed E-state index contributed by atoms with van der Waals surface area (Å²) in [6, 6.07) is 0. The highest BCUT2D eigenvalue weighted by Crippen LogP contribution is 2.27. The Hall–Kier alpha value is -0.180. The molecule has 0 spiro atoms. The summed E-state index contributed by atoms with van der Waals surface area (Å²) in [5, 5.41) is 3.11. The number of thiol groups is 1. The van der Waals surface area contributed by atoms with E-state index in [9.17, 15) is 4.79 Å². The van der Waals surface area contributed by atoms with Crippen LogP contribution in [-0.2, 0) is 4.79 Å². The Bertz CT molecular complexity index is 176. The standard InChI is InChI=1S/C10H19NOS/c1-10(6-3-2-4-7-10)11-9(12)5-8-13/h13H,2-8H2,1H3,(H,11,12). The SMILES string of the molecule is CC1(NC(=O)CCS)CCCCC1. The van der Waals surface area contributed by atoms with Gasteiger partial charge in [0.15, 0.2) is 0 Å². The van der Waals surface area contributed by atoms with Crippen LogP contribution < -0.4 is 5.32 Å². The average molecular weight is 201 g/mol. The Balaban J connectivity index is 2.36. The van der Waals surface area contributed by atoms with E-state index >= 15 is 0 Å². The normalized spacial score (nSPS) is 21.1. The summed E-state index contributed by atoms with van der Waals surface area (Å²) in [5.41, 5.74) is 0.0677. The van der Waals surface area contributed by atoms with Crippen molar-refractivity contribution in [3.05, 3.63) is 0 Å². The van der Waals surface area contributed by atoms with Crippen molar-refractivity contribution in [2.45, 2.75) is 51.0 Å². The first-order valence-corrected chi connectivity index (χ1v) is 5.71. The van der Waals surface area contributed by atoms with Gasteiger partial charge in [-0.05, 0) is 25.5 Å². The van der Waals surface area contributed by atoms with Crippen LogP contribution in [0, 0.1) is 0 Å². The molecule has 1 fully saturated rings. The van der Waals surface area contributed by atoms with Crippen molar-refractivity contribution in [2.24, 2.45) is 0 Å². The van der Waals surface area contributed by atoms with Crippen molar-refractivity contribution < 1.29 is 4.79 Å². The third-order valence-electron chi connectivity index (χ3n) is 2.74. The molecule has 1 rings (SSSR count). The van der Waals surface area contributed by atoms with Crippen LogP contribution in [0.15, 0.2) is 0 Å². The molecule has 13 heavy (non-hydrogen) atoms. The highest BCUT2D eigenvalue weighted by Gasteiger charge is 2.27. The predicted octanol–water partition coefficient (Wildman–Crippen LogP) is 2.15. The van der Waals surface area contributed by atoms with Gasteiger partial charge in [-0.3, -0.25) is 4.79 Å². The Morgan fingerprint density at radius 1 is 1.38 bits per heavy atom. The number of carbonyl (C=O) groups is 1. The maximum absolute atomic E-state index is 11.4. The molecular formula is C10H19NOS. The Morgan fingerprint density at radius 3 is 2.54 bits per heavy atom. The minimum atomic E-state index is 0.0677. The van der Waals surface area contributed by atoms with Crippen molar-refractivity contribution in [1.29, 1.82) is 0 Å². The van der Waals surface area contributed by atoms with E-state index < -0.39 is 0 Å². The molecule has 0 aromatic carbocycles. The van der Waals surface area contributed by atoms with Crippen molar-refractivity contribution in [3.63, 3.8) is 0 Å². The van der Waals surface area contributed by atoms with Gasteiger partial charge in [-0.25, -0.2) is 0 Å². The maximum Gasteiger partial charge on any atom is 0.221 e. The van der Waals surface area contributed by atoms with Crippen LogP contribution >= 0.6 is 12.6 Å². The van der Waals surface area contributed by atoms with Gasteiger partial charge in [0.25, 0.3) is 0 Å². The van der Waals surface area contributed by atoms with E-state index in [4.69, 9.17) is 0 Å². The molecule has 0 heterocycles. The van der Waals surface area contributed by atoms with Gasteiger partial charge in [0.2, 0.25) is 5.91 Å². The molecule has 76 valence electrons. The van der Waals surface area contributed by atoms with Crippen molar-refractivity contribution in [1.82, 2.24) is 5.32 Å². The van der Waals surface area contributed by atoms with Gasteiger partial charge in [0.05, 0.1) is 0 Å². The molecule has 0 aliphatic heterocycles. The van der Waals surface area contributed by atoms with Crippen molar-refractivity contribution in [3.8, 4) is 0 Å². The lowest BCUT2D eigenvalue weighted by Crippen LogP contribution is -2.47. The van der Waals surface area contributed by atoms with Crippen LogP contribution in [0.4, 0.5) is 0 Å². The zero-order chi connectivity index (χ0) is 9.73. The molecule has 0 atom stereocenters. The molecule has 1 amide bonds. The number of hydrogen-bond donors (Lipinski definition) is 2. The molecule has 0 aromatic rings. The quantitative estimate of drug-likeness (QED) is 0.673. The van der Waals surface area contributed by atoms with Crippen LogP contribution in [0.1, 0.15) is 45.4 Å². The fraction of sp³-hybridized carbons (Fsp3) is 0.900. The molecule has 1 N–H and O–H groups in total. The fourth-order valence-corrected chi connectivity index (χ4v) is 2.16. The minimum Gasteiger partial charge on any atom is -0.351 e. The van der Waals surface area contributed by atoms with Gasteiger partial charge in [-0.15, -0.1) is 0 Å². The average Bonchev–Trinajstić information content (AvgIpc) is 2.04. The van der Waals surface area contributed by atoms with E-state index in [1.165, 1.54) is 19.3 Å². The lowest BCUT2D eigenvalue weighted by Gasteiger charge is -2.34. The van der Waals surface area contributed by atoms with Gasteiger partial charge in [0.1, 0.15) is 0 Å². The maximum atomic E-state index is 11.4. The molecule has 2 nitrogen and oxygen atoms in total. The molecule has 1 saturated carbocycles. The van der Waals surface area contributed by atoms with Crippen LogP contribution in [0.2, 0.25) is 0 Å². The van der Waals surface area contributed by atoms with Crippen molar-refractivity contribution >= 4 is 18.5 Å². The summed E-state index contributed by atoms with van der Waals surface area (Å²) >= 11 is 4.04. The topological polar surface area (TPSA) is 29.1 Å². The lowest BCUT2D eigenvalue weighted by atomic mass is 9.83. The molecule has 0 radical (unpaired) electrons. The van der Waals surface area contributed by atoms with Gasteiger partial charge in [-0.1, -0.05) is 19.3 Å². The third-order valence-corrected chi connectivity index (χ3v) is 2.96. The summed E-state index contributed by atoms with van der Waals surface area (Å²) in [6.45, 7) is 2.16. The Kier molecular flexibility index (Phi) is 4.10. The number of carbonyl (C=O) groups excluding carboxylic acids is 1. The Morgan fingerprint density at radius 2 is 2.00 bits per heavy atom. The van der Waals surface area contributed by atoms with E-state index in [0.29, 0.717) is 12.2 Å². The first-order chi connectivity index (χ1) is 6.16. The fourth-order valence-electron chi connectivity index (χ4n) is 1.96. The lowest BCUT2D eigenvalue weighted by molar-refractivity contribution is -0.122.